The molecule has 1 aliphatic rings. The van der Waals surface area contributed by atoms with Crippen LogP contribution in [0.15, 0.2) is 48.7 Å². The zero-order valence-electron chi connectivity index (χ0n) is 13.8. The maximum absolute atomic E-state index is 13.0. The minimum Gasteiger partial charge on any atom is -0.336 e. The van der Waals surface area contributed by atoms with Crippen LogP contribution in [0, 0.1) is 0 Å². The van der Waals surface area contributed by atoms with E-state index in [1.165, 1.54) is 6.07 Å². The summed E-state index contributed by atoms with van der Waals surface area (Å²) in [5.74, 6) is 0.0387. The number of pyridine rings is 1. The van der Waals surface area contributed by atoms with Crippen molar-refractivity contribution < 1.29 is 18.0 Å². The zero-order chi connectivity index (χ0) is 18.3. The van der Waals surface area contributed by atoms with Gasteiger partial charge in [0.05, 0.1) is 16.8 Å². The average Bonchev–Trinajstić information content (AvgIpc) is 3.29. The Morgan fingerprint density at radius 3 is 2.54 bits per heavy atom. The molecule has 2 aromatic heterocycles. The molecule has 1 amide bonds. The Hall–Kier alpha value is -2.83. The average molecular weight is 359 g/mol. The molecule has 4 nitrogen and oxygen atoms in total. The number of likely N-dealkylation sites (tertiary alicyclic amines) is 1. The van der Waals surface area contributed by atoms with Crippen LogP contribution in [0.2, 0.25) is 0 Å². The smallest absolute Gasteiger partial charge is 0.336 e. The maximum atomic E-state index is 13.0. The summed E-state index contributed by atoms with van der Waals surface area (Å²) < 4.78 is 40.8. The molecule has 26 heavy (non-hydrogen) atoms. The van der Waals surface area contributed by atoms with E-state index in [9.17, 15) is 18.0 Å². The van der Waals surface area contributed by atoms with E-state index in [-0.39, 0.29) is 11.7 Å². The number of halogens is 3. The van der Waals surface area contributed by atoms with Crippen molar-refractivity contribution in [3.05, 3.63) is 60.0 Å². The van der Waals surface area contributed by atoms with Crippen molar-refractivity contribution in [1.82, 2.24) is 14.3 Å². The van der Waals surface area contributed by atoms with Gasteiger partial charge in [0.25, 0.3) is 5.91 Å². The molecule has 1 aliphatic heterocycles. The van der Waals surface area contributed by atoms with Gasteiger partial charge in [0.15, 0.2) is 0 Å². The summed E-state index contributed by atoms with van der Waals surface area (Å²) in [6.07, 6.45) is -0.812. The van der Waals surface area contributed by atoms with Gasteiger partial charge in [0.1, 0.15) is 0 Å². The van der Waals surface area contributed by atoms with Crippen molar-refractivity contribution in [2.45, 2.75) is 19.0 Å². The summed E-state index contributed by atoms with van der Waals surface area (Å²) in [6, 6.07) is 10.3. The summed E-state index contributed by atoms with van der Waals surface area (Å²) in [6.45, 7) is 1.36. The van der Waals surface area contributed by atoms with E-state index in [0.717, 1.165) is 25.0 Å². The van der Waals surface area contributed by atoms with Gasteiger partial charge in [-0.3, -0.25) is 9.20 Å². The van der Waals surface area contributed by atoms with Crippen LogP contribution in [-0.2, 0) is 6.18 Å². The summed E-state index contributed by atoms with van der Waals surface area (Å²) in [5, 5.41) is 0. The predicted octanol–water partition coefficient (Wildman–Crippen LogP) is 4.26. The highest BCUT2D eigenvalue weighted by atomic mass is 19.4. The number of benzene rings is 1. The first kappa shape index (κ1) is 16.6. The van der Waals surface area contributed by atoms with Crippen LogP contribution in [0.4, 0.5) is 13.2 Å². The van der Waals surface area contributed by atoms with Crippen molar-refractivity contribution in [3.63, 3.8) is 0 Å². The molecule has 0 saturated carbocycles. The van der Waals surface area contributed by atoms with Gasteiger partial charge in [-0.25, -0.2) is 4.98 Å². The molecular formula is C19H16F3N3O. The molecule has 3 heterocycles. The minimum absolute atomic E-state index is 0.193. The van der Waals surface area contributed by atoms with Crippen molar-refractivity contribution >= 4 is 11.4 Å². The number of hydrogen-bond donors (Lipinski definition) is 0. The zero-order valence-corrected chi connectivity index (χ0v) is 13.8. The number of hydrogen-bond acceptors (Lipinski definition) is 2. The van der Waals surface area contributed by atoms with Crippen LogP contribution in [-0.4, -0.2) is 33.3 Å². The number of fused-ring (bicyclic) bond motifs is 1. The number of carbonyl (C=O) groups excluding carboxylic acids is 1. The molecule has 0 bridgehead atoms. The first-order valence-corrected chi connectivity index (χ1v) is 8.39. The van der Waals surface area contributed by atoms with Crippen molar-refractivity contribution in [3.8, 4) is 11.3 Å². The lowest BCUT2D eigenvalue weighted by molar-refractivity contribution is -0.137. The fourth-order valence-corrected chi connectivity index (χ4v) is 3.31. The number of amides is 1. The molecule has 0 radical (unpaired) electrons. The number of alkyl halides is 3. The number of rotatable bonds is 2. The molecule has 0 N–H and O–H groups in total. The van der Waals surface area contributed by atoms with Gasteiger partial charge in [0, 0.05) is 24.8 Å². The first-order chi connectivity index (χ1) is 12.4. The molecule has 0 atom stereocenters. The van der Waals surface area contributed by atoms with Crippen LogP contribution < -0.4 is 0 Å². The highest BCUT2D eigenvalue weighted by Gasteiger charge is 2.31. The molecule has 0 spiro atoms. The Kier molecular flexibility index (Phi) is 3.94. The van der Waals surface area contributed by atoms with E-state index in [4.69, 9.17) is 0 Å². The minimum atomic E-state index is -4.43. The molecule has 134 valence electrons. The van der Waals surface area contributed by atoms with Gasteiger partial charge in [-0.15, -0.1) is 0 Å². The lowest BCUT2D eigenvalue weighted by Crippen LogP contribution is -2.29. The maximum Gasteiger partial charge on any atom is 0.416 e. The quantitative estimate of drug-likeness (QED) is 0.686. The van der Waals surface area contributed by atoms with Gasteiger partial charge in [-0.2, -0.15) is 13.2 Å². The second-order valence-electron chi connectivity index (χ2n) is 6.32. The number of carbonyl (C=O) groups is 1. The third-order valence-corrected chi connectivity index (χ3v) is 4.60. The largest absolute Gasteiger partial charge is 0.416 e. The molecule has 4 rings (SSSR count). The third-order valence-electron chi connectivity index (χ3n) is 4.60. The Bertz CT molecular complexity index is 972. The monoisotopic (exact) mass is 359 g/mol. The van der Waals surface area contributed by atoms with Crippen LogP contribution in [0.25, 0.3) is 16.8 Å². The second kappa shape index (κ2) is 6.16. The van der Waals surface area contributed by atoms with Gasteiger partial charge >= 0.3 is 6.18 Å². The summed E-state index contributed by atoms with van der Waals surface area (Å²) in [5.41, 5.74) is 0.581. The van der Waals surface area contributed by atoms with E-state index in [0.29, 0.717) is 29.9 Å². The highest BCUT2D eigenvalue weighted by molar-refractivity contribution is 5.94. The Labute approximate surface area is 147 Å². The fourth-order valence-electron chi connectivity index (χ4n) is 3.31. The van der Waals surface area contributed by atoms with Gasteiger partial charge < -0.3 is 4.90 Å². The van der Waals surface area contributed by atoms with E-state index in [1.807, 2.05) is 0 Å². The van der Waals surface area contributed by atoms with Crippen molar-refractivity contribution in [2.24, 2.45) is 0 Å². The Balaban J connectivity index is 1.85. The van der Waals surface area contributed by atoms with Crippen molar-refractivity contribution in [2.75, 3.05) is 13.1 Å². The van der Waals surface area contributed by atoms with E-state index >= 15 is 0 Å². The Morgan fingerprint density at radius 1 is 1.04 bits per heavy atom. The van der Waals surface area contributed by atoms with Crippen molar-refractivity contribution in [1.29, 1.82) is 0 Å². The molecular weight excluding hydrogens is 343 g/mol. The standard InChI is InChI=1S/C19H16F3N3O/c20-19(21,22)14-7-5-6-13(12-14)16-15-8-1-2-11-25(15)17(23-16)18(26)24-9-3-4-10-24/h1-2,5-8,11-12H,3-4,9-10H2. The van der Waals surface area contributed by atoms with E-state index in [2.05, 4.69) is 4.98 Å². The molecule has 1 aromatic carbocycles. The van der Waals surface area contributed by atoms with Crippen LogP contribution >= 0.6 is 0 Å². The molecule has 0 aliphatic carbocycles. The van der Waals surface area contributed by atoms with Crippen LogP contribution in [0.5, 0.6) is 0 Å². The number of imidazole rings is 1. The van der Waals surface area contributed by atoms with Gasteiger partial charge in [-0.05, 0) is 37.1 Å². The van der Waals surface area contributed by atoms with E-state index < -0.39 is 11.7 Å². The van der Waals surface area contributed by atoms with Crippen LogP contribution in [0.3, 0.4) is 0 Å². The van der Waals surface area contributed by atoms with Crippen LogP contribution in [0.1, 0.15) is 29.0 Å². The third kappa shape index (κ3) is 2.83. The van der Waals surface area contributed by atoms with Gasteiger partial charge in [-0.1, -0.05) is 18.2 Å². The van der Waals surface area contributed by atoms with Gasteiger partial charge in [0.2, 0.25) is 5.82 Å². The molecule has 7 heteroatoms. The lowest BCUT2D eigenvalue weighted by Gasteiger charge is -2.13. The van der Waals surface area contributed by atoms with E-state index in [1.54, 1.807) is 39.8 Å². The topological polar surface area (TPSA) is 37.6 Å². The summed E-state index contributed by atoms with van der Waals surface area (Å²) in [4.78, 5) is 19.0. The first-order valence-electron chi connectivity index (χ1n) is 8.39. The summed E-state index contributed by atoms with van der Waals surface area (Å²) >= 11 is 0. The molecule has 3 aromatic rings. The normalized spacial score (nSPS) is 15.0. The summed E-state index contributed by atoms with van der Waals surface area (Å²) in [7, 11) is 0. The number of nitrogens with zero attached hydrogens (tertiary/aromatic N) is 3. The highest BCUT2D eigenvalue weighted by Crippen LogP contribution is 2.33. The Morgan fingerprint density at radius 2 is 1.81 bits per heavy atom. The fraction of sp³-hybridized carbons (Fsp3) is 0.263. The SMILES string of the molecule is O=C(c1nc(-c2cccc(C(F)(F)F)c2)c2ccccn12)N1CCCC1. The predicted molar refractivity (Wildman–Crippen MR) is 90.8 cm³/mol. The lowest BCUT2D eigenvalue weighted by atomic mass is 10.1. The second-order valence-corrected chi connectivity index (χ2v) is 6.32. The molecule has 0 unspecified atom stereocenters. The number of aromatic nitrogens is 2. The molecule has 1 saturated heterocycles. The molecule has 1 fully saturated rings.